The number of piperidine rings is 1. The van der Waals surface area contributed by atoms with E-state index in [-0.39, 0.29) is 23.4 Å². The topological polar surface area (TPSA) is 118 Å². The number of halogens is 5. The Bertz CT molecular complexity index is 1400. The van der Waals surface area contributed by atoms with Gasteiger partial charge in [-0.25, -0.2) is 13.6 Å². The fourth-order valence-corrected chi connectivity index (χ4v) is 4.86. The second-order valence-corrected chi connectivity index (χ2v) is 9.42. The summed E-state index contributed by atoms with van der Waals surface area (Å²) in [6.07, 6.45) is -3.84. The summed E-state index contributed by atoms with van der Waals surface area (Å²) >= 11 is 0. The van der Waals surface area contributed by atoms with Crippen LogP contribution in [0.1, 0.15) is 23.3 Å². The zero-order valence-corrected chi connectivity index (χ0v) is 21.0. The third-order valence-electron chi connectivity index (χ3n) is 6.92. The van der Waals surface area contributed by atoms with Crippen molar-refractivity contribution in [2.24, 2.45) is 0 Å². The number of benzene rings is 2. The van der Waals surface area contributed by atoms with Crippen molar-refractivity contribution in [3.05, 3.63) is 65.9 Å². The van der Waals surface area contributed by atoms with Gasteiger partial charge in [-0.1, -0.05) is 6.07 Å². The van der Waals surface area contributed by atoms with Crippen LogP contribution in [0.3, 0.4) is 0 Å². The van der Waals surface area contributed by atoms with E-state index in [9.17, 15) is 31.5 Å². The Morgan fingerprint density at radius 3 is 2.35 bits per heavy atom. The Kier molecular flexibility index (Phi) is 8.28. The van der Waals surface area contributed by atoms with E-state index in [1.165, 1.54) is 24.3 Å². The van der Waals surface area contributed by atoms with Gasteiger partial charge in [-0.3, -0.25) is 9.59 Å². The average molecular weight is 568 g/mol. The summed E-state index contributed by atoms with van der Waals surface area (Å²) in [6.45, 7) is 2.86. The second-order valence-electron chi connectivity index (χ2n) is 9.42. The minimum Gasteiger partial charge on any atom is -0.475 e. The number of carboxylic acids is 1. The summed E-state index contributed by atoms with van der Waals surface area (Å²) in [4.78, 5) is 41.3. The lowest BCUT2D eigenvalue weighted by Gasteiger charge is -2.43. The van der Waals surface area contributed by atoms with E-state index < -0.39 is 17.7 Å². The first-order chi connectivity index (χ1) is 18.9. The SMILES string of the molecule is O=C(NCCN1CCC2(CC1)C(=O)NCN2c1cccc(F)c1)c1cc2cc(F)ccc2[nH]1.O=C(O)C(F)(F)F. The maximum Gasteiger partial charge on any atom is 0.490 e. The van der Waals surface area contributed by atoms with Crippen molar-refractivity contribution in [3.63, 3.8) is 0 Å². The Balaban J connectivity index is 0.000000470. The minimum absolute atomic E-state index is 0.0186. The number of aromatic amines is 1. The van der Waals surface area contributed by atoms with Gasteiger partial charge in [0.15, 0.2) is 0 Å². The van der Waals surface area contributed by atoms with Crippen LogP contribution in [0, 0.1) is 11.6 Å². The lowest BCUT2D eigenvalue weighted by molar-refractivity contribution is -0.192. The molecule has 2 fully saturated rings. The number of nitrogens with one attached hydrogen (secondary N) is 3. The number of fused-ring (bicyclic) bond motifs is 1. The number of carboxylic acid groups (broad SMARTS) is 1. The highest BCUT2D eigenvalue weighted by Gasteiger charge is 2.50. The number of amides is 2. The summed E-state index contributed by atoms with van der Waals surface area (Å²) in [6, 6.07) is 12.3. The van der Waals surface area contributed by atoms with Crippen LogP contribution in [0.5, 0.6) is 0 Å². The zero-order valence-electron chi connectivity index (χ0n) is 21.0. The van der Waals surface area contributed by atoms with Crippen molar-refractivity contribution in [1.82, 2.24) is 20.5 Å². The van der Waals surface area contributed by atoms with E-state index >= 15 is 0 Å². The van der Waals surface area contributed by atoms with Crippen LogP contribution in [-0.4, -0.2) is 77.3 Å². The number of carbonyl (C=O) groups excluding carboxylic acids is 2. The molecule has 1 aromatic heterocycles. The molecular weight excluding hydrogens is 541 g/mol. The van der Waals surface area contributed by atoms with E-state index in [4.69, 9.17) is 9.90 Å². The third kappa shape index (κ3) is 6.33. The highest BCUT2D eigenvalue weighted by molar-refractivity contribution is 5.98. The van der Waals surface area contributed by atoms with Gasteiger partial charge in [-0.2, -0.15) is 13.2 Å². The number of likely N-dealkylation sites (tertiary alicyclic amines) is 1. The molecule has 14 heteroatoms. The number of anilines is 1. The molecule has 2 saturated heterocycles. The highest BCUT2D eigenvalue weighted by atomic mass is 19.4. The summed E-state index contributed by atoms with van der Waals surface area (Å²) in [5, 5.41) is 13.6. The highest BCUT2D eigenvalue weighted by Crippen LogP contribution is 2.36. The lowest BCUT2D eigenvalue weighted by atomic mass is 9.85. The molecule has 1 spiro atoms. The second kappa shape index (κ2) is 11.5. The molecule has 0 radical (unpaired) electrons. The molecule has 2 aliphatic heterocycles. The first kappa shape index (κ1) is 28.8. The molecule has 5 rings (SSSR count). The standard InChI is InChI=1S/C24H25F2N5O2.C2HF3O2/c25-17-2-1-3-19(14-17)31-15-28-23(33)24(31)6-9-30(10-7-24)11-8-27-22(32)21-13-16-12-18(26)4-5-20(16)29-21;3-2(4,5)1(6)7/h1-5,12-14,29H,6-11,15H2,(H,27,32)(H,28,33);(H,6,7). The molecule has 0 bridgehead atoms. The van der Waals surface area contributed by atoms with Gasteiger partial charge >= 0.3 is 12.1 Å². The predicted molar refractivity (Wildman–Crippen MR) is 135 cm³/mol. The van der Waals surface area contributed by atoms with Crippen LogP contribution in [0.4, 0.5) is 27.6 Å². The number of aromatic nitrogens is 1. The molecule has 3 aromatic rings. The van der Waals surface area contributed by atoms with Gasteiger partial charge in [0.2, 0.25) is 5.91 Å². The molecule has 0 atom stereocenters. The molecule has 0 aliphatic carbocycles. The van der Waals surface area contributed by atoms with Gasteiger partial charge in [0, 0.05) is 42.8 Å². The fourth-order valence-electron chi connectivity index (χ4n) is 4.86. The normalized spacial score (nSPS) is 16.9. The van der Waals surface area contributed by atoms with Gasteiger partial charge in [-0.15, -0.1) is 0 Å². The quantitative estimate of drug-likeness (QED) is 0.352. The molecule has 2 amide bonds. The van der Waals surface area contributed by atoms with Crippen LogP contribution in [-0.2, 0) is 9.59 Å². The van der Waals surface area contributed by atoms with Gasteiger partial charge in [0.05, 0.1) is 6.67 Å². The summed E-state index contributed by atoms with van der Waals surface area (Å²) in [5.41, 5.74) is 1.13. The van der Waals surface area contributed by atoms with E-state index in [0.717, 1.165) is 0 Å². The number of alkyl halides is 3. The zero-order chi connectivity index (χ0) is 29.1. The predicted octanol–water partition coefficient (Wildman–Crippen LogP) is 3.24. The Morgan fingerprint density at radius 1 is 1.02 bits per heavy atom. The molecule has 9 nitrogen and oxygen atoms in total. The van der Waals surface area contributed by atoms with Crippen LogP contribution >= 0.6 is 0 Å². The Morgan fingerprint density at radius 2 is 1.70 bits per heavy atom. The maximum absolute atomic E-state index is 13.7. The Labute approximate surface area is 224 Å². The largest absolute Gasteiger partial charge is 0.490 e. The van der Waals surface area contributed by atoms with Crippen LogP contribution < -0.4 is 15.5 Å². The number of H-pyrrole nitrogens is 1. The first-order valence-corrected chi connectivity index (χ1v) is 12.3. The van der Waals surface area contributed by atoms with Gasteiger partial charge < -0.3 is 30.5 Å². The Hall–Kier alpha value is -4.20. The van der Waals surface area contributed by atoms with E-state index in [0.29, 0.717) is 68.0 Å². The molecule has 0 saturated carbocycles. The van der Waals surface area contributed by atoms with Crippen LogP contribution in [0.15, 0.2) is 48.5 Å². The van der Waals surface area contributed by atoms with Crippen molar-refractivity contribution in [2.45, 2.75) is 24.6 Å². The van der Waals surface area contributed by atoms with Crippen molar-refractivity contribution in [3.8, 4) is 0 Å². The number of carbonyl (C=O) groups is 3. The number of nitrogens with zero attached hydrogens (tertiary/aromatic N) is 2. The maximum atomic E-state index is 13.7. The molecule has 4 N–H and O–H groups in total. The van der Waals surface area contributed by atoms with Crippen LogP contribution in [0.2, 0.25) is 0 Å². The molecule has 214 valence electrons. The van der Waals surface area contributed by atoms with E-state index in [1.54, 1.807) is 18.2 Å². The number of aliphatic carboxylic acids is 1. The van der Waals surface area contributed by atoms with Crippen molar-refractivity contribution in [1.29, 1.82) is 0 Å². The molecule has 3 heterocycles. The monoisotopic (exact) mass is 567 g/mol. The minimum atomic E-state index is -5.08. The number of hydrogen-bond donors (Lipinski definition) is 4. The van der Waals surface area contributed by atoms with Gasteiger partial charge in [0.1, 0.15) is 22.9 Å². The molecule has 2 aliphatic rings. The first-order valence-electron chi connectivity index (χ1n) is 12.3. The van der Waals surface area contributed by atoms with E-state index in [2.05, 4.69) is 20.5 Å². The van der Waals surface area contributed by atoms with Crippen molar-refractivity contribution in [2.75, 3.05) is 37.7 Å². The summed E-state index contributed by atoms with van der Waals surface area (Å²) < 4.78 is 58.8. The smallest absolute Gasteiger partial charge is 0.475 e. The molecule has 40 heavy (non-hydrogen) atoms. The van der Waals surface area contributed by atoms with Gasteiger partial charge in [-0.05, 0) is 55.3 Å². The third-order valence-corrected chi connectivity index (χ3v) is 6.92. The molecule has 2 aromatic carbocycles. The average Bonchev–Trinajstić information content (AvgIpc) is 3.46. The van der Waals surface area contributed by atoms with Gasteiger partial charge in [0.25, 0.3) is 5.91 Å². The lowest BCUT2D eigenvalue weighted by Crippen LogP contribution is -2.57. The van der Waals surface area contributed by atoms with Crippen molar-refractivity contribution < 1.29 is 41.4 Å². The number of hydrogen-bond acceptors (Lipinski definition) is 5. The molecular formula is C26H26F5N5O4. The summed E-state index contributed by atoms with van der Waals surface area (Å²) in [5.74, 6) is -3.69. The number of rotatable bonds is 5. The van der Waals surface area contributed by atoms with Crippen molar-refractivity contribution >= 4 is 34.4 Å². The summed E-state index contributed by atoms with van der Waals surface area (Å²) in [7, 11) is 0. The van der Waals surface area contributed by atoms with E-state index in [1.807, 2.05) is 11.0 Å². The molecule has 0 unspecified atom stereocenters. The fraction of sp³-hybridized carbons (Fsp3) is 0.346. The van der Waals surface area contributed by atoms with Crippen LogP contribution in [0.25, 0.3) is 10.9 Å².